The molecule has 0 fully saturated rings. The Morgan fingerprint density at radius 2 is 1.77 bits per heavy atom. The van der Waals surface area contributed by atoms with Crippen LogP contribution in [-0.4, -0.2) is 44.4 Å². The summed E-state index contributed by atoms with van der Waals surface area (Å²) in [5.41, 5.74) is 3.77. The average Bonchev–Trinajstić information content (AvgIpc) is 2.91. The van der Waals surface area contributed by atoms with E-state index in [4.69, 9.17) is 23.9 Å². The van der Waals surface area contributed by atoms with Crippen molar-refractivity contribution in [2.75, 3.05) is 20.8 Å². The van der Waals surface area contributed by atoms with Crippen LogP contribution in [0.1, 0.15) is 76.3 Å². The fourth-order valence-electron chi connectivity index (χ4n) is 5.55. The minimum absolute atomic E-state index is 0.0111. The van der Waals surface area contributed by atoms with E-state index in [1.54, 1.807) is 14.2 Å². The van der Waals surface area contributed by atoms with Gasteiger partial charge in [-0.2, -0.15) is 0 Å². The third kappa shape index (κ3) is 6.02. The van der Waals surface area contributed by atoms with Gasteiger partial charge >= 0.3 is 5.97 Å². The van der Waals surface area contributed by atoms with E-state index in [1.165, 1.54) is 0 Å². The monoisotopic (exact) mass is 533 g/mol. The molecule has 2 aliphatic rings. The molecule has 7 nitrogen and oxygen atoms in total. The first-order valence-electron chi connectivity index (χ1n) is 13.7. The Balaban J connectivity index is 1.79. The summed E-state index contributed by atoms with van der Waals surface area (Å²) in [6, 6.07) is 13.4. The molecule has 0 spiro atoms. The number of benzene rings is 2. The van der Waals surface area contributed by atoms with Crippen molar-refractivity contribution in [2.45, 2.75) is 71.3 Å². The number of ether oxygens (including phenoxy) is 4. The highest BCUT2D eigenvalue weighted by molar-refractivity contribution is 6.09. The molecule has 0 radical (unpaired) electrons. The first-order valence-corrected chi connectivity index (χ1v) is 13.7. The number of aliphatic imine (C=N–C) groups is 1. The average molecular weight is 534 g/mol. The van der Waals surface area contributed by atoms with Gasteiger partial charge in [-0.15, -0.1) is 0 Å². The Morgan fingerprint density at radius 1 is 1.03 bits per heavy atom. The van der Waals surface area contributed by atoms with Gasteiger partial charge < -0.3 is 18.9 Å². The van der Waals surface area contributed by atoms with Crippen LogP contribution in [-0.2, 0) is 14.3 Å². The Morgan fingerprint density at radius 3 is 2.46 bits per heavy atom. The molecule has 0 saturated heterocycles. The standard InChI is InChI=1S/C32H39NO6/c1-7-8-15-38-32(35)29-20(4)33-24-16-22(21-13-14-27(36-5)28(18-21)37-6)17-25(34)31(24)30(29)23-11-9-10-12-26(23)39-19(2)3/h9-14,18-19,22,29-30H,7-8,15-17H2,1-6H3/t22-,29?,30-/m0/s1. The van der Waals surface area contributed by atoms with Crippen LogP contribution in [0.4, 0.5) is 0 Å². The van der Waals surface area contributed by atoms with Gasteiger partial charge in [-0.1, -0.05) is 37.6 Å². The van der Waals surface area contributed by atoms with Crippen molar-refractivity contribution in [2.24, 2.45) is 10.9 Å². The number of allylic oxidation sites excluding steroid dienone is 2. The smallest absolute Gasteiger partial charge is 0.315 e. The highest BCUT2D eigenvalue weighted by atomic mass is 16.5. The van der Waals surface area contributed by atoms with Gasteiger partial charge in [0.05, 0.1) is 26.9 Å². The number of para-hydroxylation sites is 1. The quantitative estimate of drug-likeness (QED) is 0.259. The van der Waals surface area contributed by atoms with Crippen LogP contribution in [0.25, 0.3) is 0 Å². The molecule has 2 aromatic carbocycles. The maximum absolute atomic E-state index is 14.0. The van der Waals surface area contributed by atoms with Gasteiger partial charge in [0.15, 0.2) is 17.3 Å². The van der Waals surface area contributed by atoms with E-state index in [9.17, 15) is 9.59 Å². The van der Waals surface area contributed by atoms with E-state index < -0.39 is 11.8 Å². The van der Waals surface area contributed by atoms with Crippen molar-refractivity contribution < 1.29 is 28.5 Å². The molecule has 1 unspecified atom stereocenters. The molecular weight excluding hydrogens is 494 g/mol. The number of methoxy groups -OCH3 is 2. The molecule has 39 heavy (non-hydrogen) atoms. The zero-order chi connectivity index (χ0) is 28.1. The summed E-state index contributed by atoms with van der Waals surface area (Å²) in [4.78, 5) is 32.3. The van der Waals surface area contributed by atoms with Crippen LogP contribution >= 0.6 is 0 Å². The first-order chi connectivity index (χ1) is 18.8. The van der Waals surface area contributed by atoms with Gasteiger partial charge in [0, 0.05) is 34.9 Å². The van der Waals surface area contributed by atoms with Gasteiger partial charge in [-0.3, -0.25) is 14.6 Å². The molecule has 7 heteroatoms. The molecule has 0 saturated carbocycles. The van der Waals surface area contributed by atoms with E-state index in [0.717, 1.165) is 29.7 Å². The van der Waals surface area contributed by atoms with Crippen LogP contribution in [0, 0.1) is 5.92 Å². The Kier molecular flexibility index (Phi) is 9.10. The predicted molar refractivity (Wildman–Crippen MR) is 151 cm³/mol. The lowest BCUT2D eigenvalue weighted by atomic mass is 9.69. The van der Waals surface area contributed by atoms with Crippen molar-refractivity contribution >= 4 is 17.5 Å². The number of rotatable bonds is 10. The van der Waals surface area contributed by atoms with Crippen LogP contribution in [0.2, 0.25) is 0 Å². The van der Waals surface area contributed by atoms with E-state index in [-0.39, 0.29) is 23.8 Å². The fourth-order valence-corrected chi connectivity index (χ4v) is 5.55. The fraction of sp³-hybridized carbons (Fsp3) is 0.469. The van der Waals surface area contributed by atoms with Crippen molar-refractivity contribution in [3.8, 4) is 17.2 Å². The number of carbonyl (C=O) groups excluding carboxylic acids is 2. The zero-order valence-electron chi connectivity index (χ0n) is 23.8. The van der Waals surface area contributed by atoms with Crippen LogP contribution in [0.15, 0.2) is 58.7 Å². The molecule has 3 atom stereocenters. The minimum atomic E-state index is -0.695. The number of ketones is 1. The molecule has 2 aromatic rings. The molecule has 0 bridgehead atoms. The van der Waals surface area contributed by atoms with Crippen LogP contribution in [0.3, 0.4) is 0 Å². The van der Waals surface area contributed by atoms with E-state index >= 15 is 0 Å². The van der Waals surface area contributed by atoms with Gasteiger partial charge in [-0.25, -0.2) is 0 Å². The Bertz CT molecular complexity index is 1280. The number of hydrogen-bond donors (Lipinski definition) is 0. The summed E-state index contributed by atoms with van der Waals surface area (Å²) < 4.78 is 22.8. The second-order valence-electron chi connectivity index (χ2n) is 10.4. The third-order valence-electron chi connectivity index (χ3n) is 7.38. The van der Waals surface area contributed by atoms with E-state index in [1.807, 2.05) is 63.2 Å². The van der Waals surface area contributed by atoms with E-state index in [2.05, 4.69) is 6.92 Å². The van der Waals surface area contributed by atoms with Crippen molar-refractivity contribution in [3.63, 3.8) is 0 Å². The first kappa shape index (κ1) is 28.4. The van der Waals surface area contributed by atoms with Crippen molar-refractivity contribution in [3.05, 3.63) is 64.9 Å². The number of unbranched alkanes of at least 4 members (excludes halogenated alkanes) is 1. The molecule has 208 valence electrons. The lowest BCUT2D eigenvalue weighted by Gasteiger charge is -2.37. The third-order valence-corrected chi connectivity index (χ3v) is 7.38. The minimum Gasteiger partial charge on any atom is -0.493 e. The summed E-state index contributed by atoms with van der Waals surface area (Å²) >= 11 is 0. The number of Topliss-reactive ketones (excluding diaryl/α,β-unsaturated/α-hetero) is 1. The highest BCUT2D eigenvalue weighted by Crippen LogP contribution is 2.49. The number of hydrogen-bond acceptors (Lipinski definition) is 7. The number of carbonyl (C=O) groups is 2. The molecule has 0 aromatic heterocycles. The number of nitrogens with zero attached hydrogens (tertiary/aromatic N) is 1. The largest absolute Gasteiger partial charge is 0.493 e. The van der Waals surface area contributed by atoms with Crippen molar-refractivity contribution in [1.82, 2.24) is 0 Å². The van der Waals surface area contributed by atoms with Gasteiger partial charge in [0.1, 0.15) is 11.7 Å². The van der Waals surface area contributed by atoms with Crippen molar-refractivity contribution in [1.29, 1.82) is 0 Å². The highest BCUT2D eigenvalue weighted by Gasteiger charge is 2.45. The van der Waals surface area contributed by atoms with E-state index in [0.29, 0.717) is 48.0 Å². The summed E-state index contributed by atoms with van der Waals surface area (Å²) in [5, 5.41) is 0. The number of esters is 1. The molecule has 1 heterocycles. The topological polar surface area (TPSA) is 83.4 Å². The maximum atomic E-state index is 14.0. The maximum Gasteiger partial charge on any atom is 0.315 e. The molecular formula is C32H39NO6. The van der Waals surface area contributed by atoms with Crippen LogP contribution in [0.5, 0.6) is 17.2 Å². The lowest BCUT2D eigenvalue weighted by Crippen LogP contribution is -2.38. The molecule has 0 N–H and O–H groups in total. The predicted octanol–water partition coefficient (Wildman–Crippen LogP) is 6.41. The summed E-state index contributed by atoms with van der Waals surface area (Å²) in [6.07, 6.45) is 2.53. The molecule has 4 rings (SSSR count). The summed E-state index contributed by atoms with van der Waals surface area (Å²) in [7, 11) is 3.20. The normalized spacial score (nSPS) is 20.8. The summed E-state index contributed by atoms with van der Waals surface area (Å²) in [5.74, 6) is 0.278. The summed E-state index contributed by atoms with van der Waals surface area (Å²) in [6.45, 7) is 8.18. The lowest BCUT2D eigenvalue weighted by molar-refractivity contribution is -0.146. The van der Waals surface area contributed by atoms with Gasteiger partial charge in [-0.05, 0) is 63.3 Å². The molecule has 1 aliphatic heterocycles. The second-order valence-corrected chi connectivity index (χ2v) is 10.4. The molecule has 0 amide bonds. The molecule has 1 aliphatic carbocycles. The van der Waals surface area contributed by atoms with Gasteiger partial charge in [0.25, 0.3) is 0 Å². The Hall–Kier alpha value is -3.61. The van der Waals surface area contributed by atoms with Crippen LogP contribution < -0.4 is 14.2 Å². The SMILES string of the molecule is CCCCOC(=O)C1C(C)=NC2=C(C(=O)C[C@@H](c3ccc(OC)c(OC)c3)C2)[C@H]1c1ccccc1OC(C)C. The zero-order valence-corrected chi connectivity index (χ0v) is 23.8. The van der Waals surface area contributed by atoms with Gasteiger partial charge in [0.2, 0.25) is 0 Å². The second kappa shape index (κ2) is 12.5. The Labute approximate surface area is 231 Å².